The summed E-state index contributed by atoms with van der Waals surface area (Å²) in [5.74, 6) is -0.410. The van der Waals surface area contributed by atoms with Gasteiger partial charge in [-0.25, -0.2) is 0 Å². The van der Waals surface area contributed by atoms with Crippen molar-refractivity contribution in [2.45, 2.75) is 39.3 Å². The minimum absolute atomic E-state index is 0.0612. The largest absolute Gasteiger partial charge is 0.480 e. The van der Waals surface area contributed by atoms with Crippen LogP contribution in [0.15, 0.2) is 15.9 Å². The van der Waals surface area contributed by atoms with Crippen LogP contribution in [-0.2, 0) is 4.79 Å². The first-order chi connectivity index (χ1) is 7.90. The predicted octanol–water partition coefficient (Wildman–Crippen LogP) is 3.66. The molecule has 0 saturated carbocycles. The van der Waals surface area contributed by atoms with E-state index in [0.717, 1.165) is 9.35 Å². The van der Waals surface area contributed by atoms with E-state index in [2.05, 4.69) is 21.2 Å². The molecule has 0 spiro atoms. The van der Waals surface area contributed by atoms with Crippen LogP contribution in [0.25, 0.3) is 0 Å². The molecule has 0 aliphatic rings. The summed E-state index contributed by atoms with van der Waals surface area (Å²) in [4.78, 5) is 12.3. The fourth-order valence-electron chi connectivity index (χ4n) is 1.65. The van der Waals surface area contributed by atoms with Gasteiger partial charge in [-0.05, 0) is 41.3 Å². The van der Waals surface area contributed by atoms with E-state index in [4.69, 9.17) is 5.11 Å². The number of carboxylic acid groups (broad SMARTS) is 1. The smallest absolute Gasteiger partial charge is 0.320 e. The van der Waals surface area contributed by atoms with Gasteiger partial charge in [-0.15, -0.1) is 11.3 Å². The zero-order valence-corrected chi connectivity index (χ0v) is 12.6. The normalized spacial score (nSPS) is 14.9. The standard InChI is InChI=1S/C12H18BrNO2S/c1-7(2)4-10(12(15)16)14-8(3)11-5-9(13)6-17-11/h5-8,10,14H,4H2,1-3H3,(H,15,16). The molecule has 96 valence electrons. The molecule has 5 heteroatoms. The molecule has 0 aromatic carbocycles. The molecule has 2 N–H and O–H groups in total. The van der Waals surface area contributed by atoms with Crippen LogP contribution in [-0.4, -0.2) is 17.1 Å². The zero-order valence-electron chi connectivity index (χ0n) is 10.2. The number of carbonyl (C=O) groups is 1. The van der Waals surface area contributed by atoms with E-state index in [0.29, 0.717) is 12.3 Å². The molecule has 0 radical (unpaired) electrons. The average Bonchev–Trinajstić information content (AvgIpc) is 2.63. The zero-order chi connectivity index (χ0) is 13.0. The molecule has 0 amide bonds. The summed E-state index contributed by atoms with van der Waals surface area (Å²) in [6.45, 7) is 6.06. The highest BCUT2D eigenvalue weighted by molar-refractivity contribution is 9.10. The van der Waals surface area contributed by atoms with E-state index in [-0.39, 0.29) is 6.04 Å². The molecule has 0 bridgehead atoms. The van der Waals surface area contributed by atoms with Gasteiger partial charge in [0.15, 0.2) is 0 Å². The Morgan fingerprint density at radius 2 is 2.18 bits per heavy atom. The van der Waals surface area contributed by atoms with Crippen molar-refractivity contribution < 1.29 is 9.90 Å². The number of nitrogens with one attached hydrogen (secondary N) is 1. The average molecular weight is 320 g/mol. The first-order valence-corrected chi connectivity index (χ1v) is 7.30. The highest BCUT2D eigenvalue weighted by Crippen LogP contribution is 2.26. The van der Waals surface area contributed by atoms with Gasteiger partial charge >= 0.3 is 5.97 Å². The number of hydrogen-bond acceptors (Lipinski definition) is 3. The highest BCUT2D eigenvalue weighted by atomic mass is 79.9. The van der Waals surface area contributed by atoms with Crippen molar-refractivity contribution in [3.05, 3.63) is 20.8 Å². The number of carboxylic acids is 1. The van der Waals surface area contributed by atoms with Crippen LogP contribution >= 0.6 is 27.3 Å². The van der Waals surface area contributed by atoms with Gasteiger partial charge in [0, 0.05) is 20.8 Å². The van der Waals surface area contributed by atoms with Gasteiger partial charge in [0.25, 0.3) is 0 Å². The summed E-state index contributed by atoms with van der Waals surface area (Å²) >= 11 is 5.03. The fraction of sp³-hybridized carbons (Fsp3) is 0.583. The maximum atomic E-state index is 11.1. The lowest BCUT2D eigenvalue weighted by Gasteiger charge is -2.20. The summed E-state index contributed by atoms with van der Waals surface area (Å²) in [6, 6.07) is 1.61. The number of hydrogen-bond donors (Lipinski definition) is 2. The number of aliphatic carboxylic acids is 1. The molecule has 0 aliphatic carbocycles. The summed E-state index contributed by atoms with van der Waals surface area (Å²) in [6.07, 6.45) is 0.645. The maximum absolute atomic E-state index is 11.1. The Hall–Kier alpha value is -0.390. The van der Waals surface area contributed by atoms with Crippen molar-refractivity contribution in [2.24, 2.45) is 5.92 Å². The van der Waals surface area contributed by atoms with Crippen molar-refractivity contribution in [1.82, 2.24) is 5.32 Å². The Bertz CT molecular complexity index is 378. The molecule has 17 heavy (non-hydrogen) atoms. The molecule has 1 rings (SSSR count). The van der Waals surface area contributed by atoms with Gasteiger partial charge in [0.2, 0.25) is 0 Å². The third-order valence-electron chi connectivity index (χ3n) is 2.47. The highest BCUT2D eigenvalue weighted by Gasteiger charge is 2.21. The van der Waals surface area contributed by atoms with E-state index in [1.54, 1.807) is 11.3 Å². The van der Waals surface area contributed by atoms with E-state index < -0.39 is 12.0 Å². The SMILES string of the molecule is CC(C)CC(NC(C)c1cc(Br)cs1)C(=O)O. The van der Waals surface area contributed by atoms with Crippen LogP contribution in [0.3, 0.4) is 0 Å². The summed E-state index contributed by atoms with van der Waals surface area (Å²) in [7, 11) is 0. The lowest BCUT2D eigenvalue weighted by atomic mass is 10.0. The second-order valence-electron chi connectivity index (χ2n) is 4.58. The van der Waals surface area contributed by atoms with Crippen molar-refractivity contribution in [2.75, 3.05) is 0 Å². The number of rotatable bonds is 6. The summed E-state index contributed by atoms with van der Waals surface area (Å²) in [5, 5.41) is 14.3. The number of thiophene rings is 1. The topological polar surface area (TPSA) is 49.3 Å². The van der Waals surface area contributed by atoms with Crippen LogP contribution in [0.1, 0.15) is 38.1 Å². The van der Waals surface area contributed by atoms with E-state index in [1.807, 2.05) is 32.2 Å². The molecule has 1 aromatic rings. The van der Waals surface area contributed by atoms with E-state index in [1.165, 1.54) is 0 Å². The van der Waals surface area contributed by atoms with Crippen LogP contribution in [0.5, 0.6) is 0 Å². The van der Waals surface area contributed by atoms with Crippen LogP contribution < -0.4 is 5.32 Å². The molecule has 0 fully saturated rings. The molecule has 1 aromatic heterocycles. The summed E-state index contributed by atoms with van der Waals surface area (Å²) in [5.41, 5.74) is 0. The molecular weight excluding hydrogens is 302 g/mol. The minimum atomic E-state index is -0.777. The molecule has 2 unspecified atom stereocenters. The Balaban J connectivity index is 2.63. The number of halogens is 1. The van der Waals surface area contributed by atoms with Crippen LogP contribution in [0.2, 0.25) is 0 Å². The lowest BCUT2D eigenvalue weighted by molar-refractivity contribution is -0.140. The van der Waals surface area contributed by atoms with Gasteiger partial charge < -0.3 is 5.11 Å². The van der Waals surface area contributed by atoms with Crippen molar-refractivity contribution >= 4 is 33.2 Å². The van der Waals surface area contributed by atoms with Gasteiger partial charge in [-0.3, -0.25) is 10.1 Å². The van der Waals surface area contributed by atoms with Gasteiger partial charge in [-0.2, -0.15) is 0 Å². The minimum Gasteiger partial charge on any atom is -0.480 e. The third kappa shape index (κ3) is 4.77. The quantitative estimate of drug-likeness (QED) is 0.841. The molecular formula is C12H18BrNO2S. The summed E-state index contributed by atoms with van der Waals surface area (Å²) < 4.78 is 1.04. The van der Waals surface area contributed by atoms with Gasteiger partial charge in [-0.1, -0.05) is 13.8 Å². The first kappa shape index (κ1) is 14.7. The van der Waals surface area contributed by atoms with E-state index >= 15 is 0 Å². The molecule has 0 aliphatic heterocycles. The van der Waals surface area contributed by atoms with Crippen LogP contribution in [0, 0.1) is 5.92 Å². The first-order valence-electron chi connectivity index (χ1n) is 5.63. The Labute approximate surface area is 114 Å². The van der Waals surface area contributed by atoms with Crippen LogP contribution in [0.4, 0.5) is 0 Å². The van der Waals surface area contributed by atoms with Crippen molar-refractivity contribution in [3.63, 3.8) is 0 Å². The third-order valence-corrected chi connectivity index (χ3v) is 4.35. The Kier molecular flexibility index (Phi) is 5.62. The van der Waals surface area contributed by atoms with Gasteiger partial charge in [0.05, 0.1) is 0 Å². The fourth-order valence-corrected chi connectivity index (χ4v) is 3.11. The maximum Gasteiger partial charge on any atom is 0.320 e. The second-order valence-corrected chi connectivity index (χ2v) is 6.43. The van der Waals surface area contributed by atoms with E-state index in [9.17, 15) is 4.79 Å². The van der Waals surface area contributed by atoms with Crippen molar-refractivity contribution in [1.29, 1.82) is 0 Å². The second kappa shape index (κ2) is 6.52. The predicted molar refractivity (Wildman–Crippen MR) is 74.4 cm³/mol. The molecule has 2 atom stereocenters. The lowest BCUT2D eigenvalue weighted by Crippen LogP contribution is -2.39. The monoisotopic (exact) mass is 319 g/mol. The Morgan fingerprint density at radius 3 is 2.59 bits per heavy atom. The molecule has 3 nitrogen and oxygen atoms in total. The van der Waals surface area contributed by atoms with Gasteiger partial charge in [0.1, 0.15) is 6.04 Å². The molecule has 1 heterocycles. The van der Waals surface area contributed by atoms with Crippen molar-refractivity contribution in [3.8, 4) is 0 Å². The molecule has 0 saturated heterocycles. The Morgan fingerprint density at radius 1 is 1.53 bits per heavy atom.